The van der Waals surface area contributed by atoms with Gasteiger partial charge in [-0.1, -0.05) is 32.6 Å². The zero-order valence-electron chi connectivity index (χ0n) is 12.2. The Morgan fingerprint density at radius 3 is 2.16 bits per heavy atom. The molecule has 2 amide bonds. The molecule has 0 aromatic carbocycles. The van der Waals surface area contributed by atoms with Crippen LogP contribution in [-0.2, 0) is 9.59 Å². The molecule has 0 saturated heterocycles. The summed E-state index contributed by atoms with van der Waals surface area (Å²) in [5, 5.41) is 5.79. The summed E-state index contributed by atoms with van der Waals surface area (Å²) >= 11 is 0. The van der Waals surface area contributed by atoms with Crippen molar-refractivity contribution in [3.8, 4) is 0 Å². The van der Waals surface area contributed by atoms with Crippen molar-refractivity contribution in [2.24, 2.45) is 5.92 Å². The van der Waals surface area contributed by atoms with Gasteiger partial charge in [0, 0.05) is 25.9 Å². The molecule has 4 nitrogen and oxygen atoms in total. The number of rotatable bonds is 11. The number of unbranched alkanes of at least 4 members (excludes halogenated alkanes) is 2. The lowest BCUT2D eigenvalue weighted by Crippen LogP contribution is -2.29. The van der Waals surface area contributed by atoms with Crippen molar-refractivity contribution in [1.29, 1.82) is 0 Å². The molecule has 0 aliphatic heterocycles. The van der Waals surface area contributed by atoms with Gasteiger partial charge in [0.1, 0.15) is 0 Å². The molecule has 1 aliphatic carbocycles. The molecule has 110 valence electrons. The first kappa shape index (κ1) is 16.0. The number of hydrogen-bond acceptors (Lipinski definition) is 2. The van der Waals surface area contributed by atoms with E-state index in [4.69, 9.17) is 0 Å². The zero-order valence-corrected chi connectivity index (χ0v) is 12.2. The van der Waals surface area contributed by atoms with Gasteiger partial charge in [-0.25, -0.2) is 0 Å². The van der Waals surface area contributed by atoms with Crippen LogP contribution in [-0.4, -0.2) is 24.9 Å². The second-order valence-electron chi connectivity index (χ2n) is 5.49. The Balaban J connectivity index is 1.83. The first-order valence-electron chi connectivity index (χ1n) is 7.75. The van der Waals surface area contributed by atoms with Gasteiger partial charge < -0.3 is 10.6 Å². The van der Waals surface area contributed by atoms with Gasteiger partial charge in [0.25, 0.3) is 0 Å². The lowest BCUT2D eigenvalue weighted by atomic mass is 10.2. The van der Waals surface area contributed by atoms with E-state index in [2.05, 4.69) is 17.6 Å². The fourth-order valence-electron chi connectivity index (χ4n) is 2.00. The maximum atomic E-state index is 11.4. The van der Waals surface area contributed by atoms with E-state index in [-0.39, 0.29) is 11.8 Å². The molecule has 0 radical (unpaired) electrons. The fraction of sp³-hybridized carbons (Fsp3) is 0.867. The highest BCUT2D eigenvalue weighted by Crippen LogP contribution is 2.33. The molecule has 0 bridgehead atoms. The summed E-state index contributed by atoms with van der Waals surface area (Å²) in [6.45, 7) is 3.45. The van der Waals surface area contributed by atoms with Crippen molar-refractivity contribution in [2.75, 3.05) is 13.1 Å². The van der Waals surface area contributed by atoms with Gasteiger partial charge in [0.2, 0.25) is 11.8 Å². The topological polar surface area (TPSA) is 58.2 Å². The summed E-state index contributed by atoms with van der Waals surface area (Å²) in [5.74, 6) is 1.10. The summed E-state index contributed by atoms with van der Waals surface area (Å²) < 4.78 is 0. The Labute approximate surface area is 116 Å². The Hall–Kier alpha value is -1.06. The SMILES string of the molecule is CCCCCC(=O)NCCCNC(=O)CCC1CC1. The van der Waals surface area contributed by atoms with E-state index in [0.717, 1.165) is 38.0 Å². The molecular weight excluding hydrogens is 240 g/mol. The van der Waals surface area contributed by atoms with Gasteiger partial charge in [0.05, 0.1) is 0 Å². The van der Waals surface area contributed by atoms with Crippen molar-refractivity contribution in [2.45, 2.75) is 64.7 Å². The number of carbonyl (C=O) groups excluding carboxylic acids is 2. The number of nitrogens with one attached hydrogen (secondary N) is 2. The number of carbonyl (C=O) groups is 2. The summed E-state index contributed by atoms with van der Waals surface area (Å²) in [5.41, 5.74) is 0. The fourth-order valence-corrected chi connectivity index (χ4v) is 2.00. The second kappa shape index (κ2) is 9.82. The summed E-state index contributed by atoms with van der Waals surface area (Å²) in [7, 11) is 0. The molecule has 0 spiro atoms. The summed E-state index contributed by atoms with van der Waals surface area (Å²) in [6.07, 6.45) is 8.98. The molecule has 1 aliphatic rings. The van der Waals surface area contributed by atoms with Crippen molar-refractivity contribution < 1.29 is 9.59 Å². The highest BCUT2D eigenvalue weighted by atomic mass is 16.2. The van der Waals surface area contributed by atoms with E-state index in [1.807, 2.05) is 0 Å². The molecule has 1 saturated carbocycles. The average Bonchev–Trinajstić information content (AvgIpc) is 3.20. The molecule has 0 aromatic rings. The molecule has 0 unspecified atom stereocenters. The first-order valence-corrected chi connectivity index (χ1v) is 7.75. The van der Waals surface area contributed by atoms with E-state index in [9.17, 15) is 9.59 Å². The Morgan fingerprint density at radius 1 is 0.947 bits per heavy atom. The third-order valence-corrected chi connectivity index (χ3v) is 3.48. The van der Waals surface area contributed by atoms with Gasteiger partial charge in [-0.3, -0.25) is 9.59 Å². The standard InChI is InChI=1S/C15H28N2O2/c1-2-3-4-6-14(18)16-11-5-12-17-15(19)10-9-13-7-8-13/h13H,2-12H2,1H3,(H,16,18)(H,17,19). The lowest BCUT2D eigenvalue weighted by Gasteiger charge is -2.06. The smallest absolute Gasteiger partial charge is 0.220 e. The Kier molecular flexibility index (Phi) is 8.26. The minimum absolute atomic E-state index is 0.133. The third kappa shape index (κ3) is 9.51. The third-order valence-electron chi connectivity index (χ3n) is 3.48. The number of hydrogen-bond donors (Lipinski definition) is 2. The molecule has 0 heterocycles. The van der Waals surface area contributed by atoms with Crippen LogP contribution >= 0.6 is 0 Å². The van der Waals surface area contributed by atoms with E-state index in [1.165, 1.54) is 12.8 Å². The highest BCUT2D eigenvalue weighted by Gasteiger charge is 2.21. The molecule has 0 atom stereocenters. The van der Waals surface area contributed by atoms with Crippen LogP contribution in [0.4, 0.5) is 0 Å². The van der Waals surface area contributed by atoms with E-state index in [0.29, 0.717) is 25.9 Å². The van der Waals surface area contributed by atoms with Gasteiger partial charge >= 0.3 is 0 Å². The van der Waals surface area contributed by atoms with Crippen LogP contribution in [0.25, 0.3) is 0 Å². The molecule has 1 fully saturated rings. The average molecular weight is 268 g/mol. The quantitative estimate of drug-likeness (QED) is 0.565. The van der Waals surface area contributed by atoms with E-state index >= 15 is 0 Å². The molecule has 2 N–H and O–H groups in total. The first-order chi connectivity index (χ1) is 9.22. The lowest BCUT2D eigenvalue weighted by molar-refractivity contribution is -0.121. The highest BCUT2D eigenvalue weighted by molar-refractivity contribution is 5.76. The van der Waals surface area contributed by atoms with E-state index < -0.39 is 0 Å². The van der Waals surface area contributed by atoms with Crippen LogP contribution in [0.1, 0.15) is 64.7 Å². The molecule has 4 heteroatoms. The van der Waals surface area contributed by atoms with Crippen molar-refractivity contribution >= 4 is 11.8 Å². The van der Waals surface area contributed by atoms with Gasteiger partial charge in [-0.2, -0.15) is 0 Å². The monoisotopic (exact) mass is 268 g/mol. The van der Waals surface area contributed by atoms with E-state index in [1.54, 1.807) is 0 Å². The molecular formula is C15H28N2O2. The Morgan fingerprint density at radius 2 is 1.58 bits per heavy atom. The predicted molar refractivity (Wildman–Crippen MR) is 76.7 cm³/mol. The van der Waals surface area contributed by atoms with Gasteiger partial charge in [-0.15, -0.1) is 0 Å². The van der Waals surface area contributed by atoms with Crippen molar-refractivity contribution in [3.05, 3.63) is 0 Å². The normalized spacial score (nSPS) is 14.2. The van der Waals surface area contributed by atoms with Crippen LogP contribution in [0.2, 0.25) is 0 Å². The van der Waals surface area contributed by atoms with Crippen LogP contribution in [0.5, 0.6) is 0 Å². The van der Waals surface area contributed by atoms with Crippen LogP contribution in [0.15, 0.2) is 0 Å². The molecule has 19 heavy (non-hydrogen) atoms. The van der Waals surface area contributed by atoms with Crippen LogP contribution in [0, 0.1) is 5.92 Å². The molecule has 1 rings (SSSR count). The van der Waals surface area contributed by atoms with Crippen molar-refractivity contribution in [1.82, 2.24) is 10.6 Å². The minimum Gasteiger partial charge on any atom is -0.356 e. The second-order valence-corrected chi connectivity index (χ2v) is 5.49. The van der Waals surface area contributed by atoms with Crippen LogP contribution in [0.3, 0.4) is 0 Å². The van der Waals surface area contributed by atoms with Crippen LogP contribution < -0.4 is 10.6 Å². The number of amides is 2. The zero-order chi connectivity index (χ0) is 13.9. The predicted octanol–water partition coefficient (Wildman–Crippen LogP) is 2.38. The maximum absolute atomic E-state index is 11.4. The maximum Gasteiger partial charge on any atom is 0.220 e. The summed E-state index contributed by atoms with van der Waals surface area (Å²) in [6, 6.07) is 0. The van der Waals surface area contributed by atoms with Gasteiger partial charge in [0.15, 0.2) is 0 Å². The summed E-state index contributed by atoms with van der Waals surface area (Å²) in [4.78, 5) is 22.8. The Bertz CT molecular complexity index is 275. The van der Waals surface area contributed by atoms with Crippen molar-refractivity contribution in [3.63, 3.8) is 0 Å². The van der Waals surface area contributed by atoms with Gasteiger partial charge in [-0.05, 0) is 25.2 Å². The molecule has 0 aromatic heterocycles. The minimum atomic E-state index is 0.133. The largest absolute Gasteiger partial charge is 0.356 e.